The third-order valence-corrected chi connectivity index (χ3v) is 8.61. The number of hydrogen-bond donors (Lipinski definition) is 1. The molecule has 0 bridgehead atoms. The summed E-state index contributed by atoms with van der Waals surface area (Å²) in [7, 11) is -3.62. The van der Waals surface area contributed by atoms with E-state index in [-0.39, 0.29) is 43.7 Å². The van der Waals surface area contributed by atoms with Gasteiger partial charge >= 0.3 is 0 Å². The highest BCUT2D eigenvalue weighted by Gasteiger charge is 2.31. The van der Waals surface area contributed by atoms with E-state index in [0.717, 1.165) is 11.8 Å². The molecule has 0 aliphatic carbocycles. The summed E-state index contributed by atoms with van der Waals surface area (Å²) < 4.78 is 26.4. The van der Waals surface area contributed by atoms with Crippen LogP contribution in [0.4, 0.5) is 5.69 Å². The molecule has 0 aromatic heterocycles. The Labute approximate surface area is 263 Å². The zero-order valence-electron chi connectivity index (χ0n) is 23.9. The minimum atomic E-state index is -3.62. The van der Waals surface area contributed by atoms with Crippen molar-refractivity contribution in [1.82, 2.24) is 10.2 Å². The van der Waals surface area contributed by atoms with Crippen molar-refractivity contribution in [3.05, 3.63) is 99.0 Å². The minimum absolute atomic E-state index is 0.00751. The molecule has 3 aromatic rings. The number of carbonyl (C=O) groups excluding carboxylic acids is 2. The van der Waals surface area contributed by atoms with Crippen LogP contribution in [0.5, 0.6) is 0 Å². The lowest BCUT2D eigenvalue weighted by molar-refractivity contribution is -0.141. The van der Waals surface area contributed by atoms with Crippen LogP contribution >= 0.6 is 34.8 Å². The Balaban J connectivity index is 1.90. The highest BCUT2D eigenvalue weighted by Crippen LogP contribution is 2.25. The van der Waals surface area contributed by atoms with Crippen molar-refractivity contribution in [2.75, 3.05) is 23.7 Å². The van der Waals surface area contributed by atoms with Crippen LogP contribution in [0.3, 0.4) is 0 Å². The van der Waals surface area contributed by atoms with Gasteiger partial charge < -0.3 is 10.2 Å². The maximum Gasteiger partial charge on any atom is 0.243 e. The fourth-order valence-electron chi connectivity index (χ4n) is 4.42. The highest BCUT2D eigenvalue weighted by atomic mass is 35.5. The summed E-state index contributed by atoms with van der Waals surface area (Å²) in [6.07, 6.45) is 1.65. The highest BCUT2D eigenvalue weighted by molar-refractivity contribution is 7.92. The Morgan fingerprint density at radius 3 is 2.14 bits per heavy atom. The molecule has 3 aromatic carbocycles. The van der Waals surface area contributed by atoms with Gasteiger partial charge in [0.1, 0.15) is 6.04 Å². The van der Waals surface area contributed by atoms with Gasteiger partial charge in [0.15, 0.2) is 0 Å². The number of rotatable bonds is 14. The molecule has 2 amide bonds. The van der Waals surface area contributed by atoms with Crippen LogP contribution in [-0.2, 0) is 32.6 Å². The van der Waals surface area contributed by atoms with Gasteiger partial charge in [0.2, 0.25) is 21.8 Å². The van der Waals surface area contributed by atoms with Crippen molar-refractivity contribution in [2.45, 2.75) is 45.7 Å². The predicted octanol–water partition coefficient (Wildman–Crippen LogP) is 6.61. The lowest BCUT2D eigenvalue weighted by atomic mass is 10.0. The molecule has 0 heterocycles. The topological polar surface area (TPSA) is 86.8 Å². The van der Waals surface area contributed by atoms with Crippen molar-refractivity contribution in [3.63, 3.8) is 0 Å². The standard InChI is InChI=1S/C31H36Cl3N3O4S/c1-22(2)20-35-31(39)29(18-23-8-5-4-6-9-23)36(21-24-11-12-26(33)19-28(24)34)30(38)10-7-17-37(42(3,40)41)27-15-13-25(32)14-16-27/h4-6,8-9,11-16,19,22,29H,7,10,17-18,20-21H2,1-3H3,(H,35,39). The zero-order valence-corrected chi connectivity index (χ0v) is 27.0. The van der Waals surface area contributed by atoms with E-state index in [2.05, 4.69) is 5.32 Å². The van der Waals surface area contributed by atoms with Crippen LogP contribution in [0.15, 0.2) is 72.8 Å². The monoisotopic (exact) mass is 651 g/mol. The first kappa shape index (κ1) is 33.7. The first-order chi connectivity index (χ1) is 19.8. The van der Waals surface area contributed by atoms with E-state index in [4.69, 9.17) is 34.8 Å². The van der Waals surface area contributed by atoms with Crippen LogP contribution in [0.1, 0.15) is 37.8 Å². The largest absolute Gasteiger partial charge is 0.354 e. The first-order valence-electron chi connectivity index (χ1n) is 13.6. The number of benzene rings is 3. The fourth-order valence-corrected chi connectivity index (χ4v) is 5.98. The Hall–Kier alpha value is -2.78. The van der Waals surface area contributed by atoms with Crippen LogP contribution in [0.25, 0.3) is 0 Å². The second-order valence-electron chi connectivity index (χ2n) is 10.5. The second-order valence-corrected chi connectivity index (χ2v) is 13.7. The zero-order chi connectivity index (χ0) is 30.9. The molecule has 0 radical (unpaired) electrons. The van der Waals surface area contributed by atoms with Gasteiger partial charge in [-0.25, -0.2) is 8.42 Å². The Morgan fingerprint density at radius 2 is 1.55 bits per heavy atom. The van der Waals surface area contributed by atoms with Crippen LogP contribution in [-0.4, -0.2) is 50.5 Å². The maximum atomic E-state index is 13.9. The molecule has 0 aliphatic rings. The summed E-state index contributed by atoms with van der Waals surface area (Å²) in [5.74, 6) is -0.354. The number of carbonyl (C=O) groups is 2. The van der Waals surface area contributed by atoms with Gasteiger partial charge in [-0.2, -0.15) is 0 Å². The van der Waals surface area contributed by atoms with Crippen molar-refractivity contribution in [3.8, 4) is 0 Å². The summed E-state index contributed by atoms with van der Waals surface area (Å²) >= 11 is 18.6. The maximum absolute atomic E-state index is 13.9. The molecular weight excluding hydrogens is 617 g/mol. The molecule has 1 N–H and O–H groups in total. The molecule has 0 spiro atoms. The number of nitrogens with one attached hydrogen (secondary N) is 1. The predicted molar refractivity (Wildman–Crippen MR) is 172 cm³/mol. The molecule has 0 aliphatic heterocycles. The van der Waals surface area contributed by atoms with E-state index in [0.29, 0.717) is 39.3 Å². The van der Waals surface area contributed by atoms with Gasteiger partial charge in [-0.05, 0) is 59.9 Å². The van der Waals surface area contributed by atoms with Gasteiger partial charge in [-0.1, -0.05) is 85.0 Å². The SMILES string of the molecule is CC(C)CNC(=O)C(Cc1ccccc1)N(Cc1ccc(Cl)cc1Cl)C(=O)CCCN(c1ccc(Cl)cc1)S(C)(=O)=O. The molecule has 42 heavy (non-hydrogen) atoms. The summed E-state index contributed by atoms with van der Waals surface area (Å²) in [6.45, 7) is 4.60. The van der Waals surface area contributed by atoms with E-state index in [1.54, 1.807) is 42.5 Å². The lowest BCUT2D eigenvalue weighted by Gasteiger charge is -2.32. The van der Waals surface area contributed by atoms with E-state index in [9.17, 15) is 18.0 Å². The third kappa shape index (κ3) is 10.2. The average molecular weight is 653 g/mol. The number of amides is 2. The molecule has 11 heteroatoms. The molecule has 7 nitrogen and oxygen atoms in total. The number of sulfonamides is 1. The first-order valence-corrected chi connectivity index (χ1v) is 16.6. The number of hydrogen-bond acceptors (Lipinski definition) is 4. The molecule has 226 valence electrons. The van der Waals surface area contributed by atoms with Gasteiger partial charge in [-0.3, -0.25) is 13.9 Å². The Morgan fingerprint density at radius 1 is 0.905 bits per heavy atom. The molecule has 1 unspecified atom stereocenters. The van der Waals surface area contributed by atoms with E-state index < -0.39 is 16.1 Å². The van der Waals surface area contributed by atoms with E-state index >= 15 is 0 Å². The third-order valence-electron chi connectivity index (χ3n) is 6.58. The molecule has 1 atom stereocenters. The van der Waals surface area contributed by atoms with Crippen molar-refractivity contribution >= 4 is 62.3 Å². The number of nitrogens with zero attached hydrogens (tertiary/aromatic N) is 2. The van der Waals surface area contributed by atoms with Gasteiger partial charge in [0.05, 0.1) is 11.9 Å². The Kier molecular flexibility index (Phi) is 12.5. The van der Waals surface area contributed by atoms with Crippen LogP contribution < -0.4 is 9.62 Å². The molecule has 0 fully saturated rings. The van der Waals surface area contributed by atoms with Crippen molar-refractivity contribution < 1.29 is 18.0 Å². The van der Waals surface area contributed by atoms with Gasteiger partial charge in [0.25, 0.3) is 0 Å². The van der Waals surface area contributed by atoms with Gasteiger partial charge in [-0.15, -0.1) is 0 Å². The van der Waals surface area contributed by atoms with E-state index in [1.165, 1.54) is 9.21 Å². The van der Waals surface area contributed by atoms with Crippen molar-refractivity contribution in [1.29, 1.82) is 0 Å². The smallest absolute Gasteiger partial charge is 0.243 e. The van der Waals surface area contributed by atoms with E-state index in [1.807, 2.05) is 44.2 Å². The molecule has 0 saturated carbocycles. The lowest BCUT2D eigenvalue weighted by Crippen LogP contribution is -2.51. The fraction of sp³-hybridized carbons (Fsp3) is 0.355. The summed E-state index contributed by atoms with van der Waals surface area (Å²) in [4.78, 5) is 29.0. The second kappa shape index (κ2) is 15.6. The van der Waals surface area contributed by atoms with Crippen LogP contribution in [0, 0.1) is 5.92 Å². The number of halogens is 3. The minimum Gasteiger partial charge on any atom is -0.354 e. The molecule has 0 saturated heterocycles. The molecular formula is C31H36Cl3N3O4S. The summed E-state index contributed by atoms with van der Waals surface area (Å²) in [5, 5.41) is 4.31. The number of anilines is 1. The van der Waals surface area contributed by atoms with Gasteiger partial charge in [0, 0.05) is 47.5 Å². The molecule has 3 rings (SSSR count). The summed E-state index contributed by atoms with van der Waals surface area (Å²) in [5.41, 5.74) is 1.99. The van der Waals surface area contributed by atoms with Crippen LogP contribution in [0.2, 0.25) is 15.1 Å². The normalized spacial score (nSPS) is 12.2. The Bertz CT molecular complexity index is 1450. The quantitative estimate of drug-likeness (QED) is 0.213. The average Bonchev–Trinajstić information content (AvgIpc) is 2.93. The summed E-state index contributed by atoms with van der Waals surface area (Å²) in [6, 6.07) is 20.2. The van der Waals surface area contributed by atoms with Crippen molar-refractivity contribution in [2.24, 2.45) is 5.92 Å².